The van der Waals surface area contributed by atoms with Crippen molar-refractivity contribution in [2.45, 2.75) is 20.4 Å². The molecular weight excluding hydrogens is 255 g/mol. The van der Waals surface area contributed by atoms with Gasteiger partial charge in [0.1, 0.15) is 11.6 Å². The fourth-order valence-corrected chi connectivity index (χ4v) is 2.02. The molecule has 0 aliphatic heterocycles. The van der Waals surface area contributed by atoms with Crippen molar-refractivity contribution in [1.29, 1.82) is 0 Å². The average molecular weight is 272 g/mol. The van der Waals surface area contributed by atoms with E-state index in [1.54, 1.807) is 20.2 Å². The number of methoxy groups -OCH3 is 1. The van der Waals surface area contributed by atoms with Crippen molar-refractivity contribution in [1.82, 2.24) is 4.98 Å². The minimum Gasteiger partial charge on any atom is -0.496 e. The topological polar surface area (TPSA) is 34.5 Å². The Bertz CT molecular complexity index is 618. The van der Waals surface area contributed by atoms with Gasteiger partial charge in [0.2, 0.25) is 0 Å². The van der Waals surface area contributed by atoms with E-state index in [2.05, 4.69) is 9.98 Å². The summed E-state index contributed by atoms with van der Waals surface area (Å²) in [6.07, 6.45) is 1.59. The van der Waals surface area contributed by atoms with E-state index in [1.165, 1.54) is 12.1 Å². The monoisotopic (exact) mass is 272 g/mol. The predicted octanol–water partition coefficient (Wildman–Crippen LogP) is 3.47. The highest BCUT2D eigenvalue weighted by molar-refractivity contribution is 5.77. The fourth-order valence-electron chi connectivity index (χ4n) is 2.02. The van der Waals surface area contributed by atoms with E-state index in [-0.39, 0.29) is 5.82 Å². The number of aliphatic imine (C=N–C) groups is 1. The number of benzene rings is 1. The molecule has 1 aromatic carbocycles. The Morgan fingerprint density at radius 2 is 2.10 bits per heavy atom. The number of ether oxygens (including phenoxy) is 1. The van der Waals surface area contributed by atoms with Gasteiger partial charge in [0.15, 0.2) is 0 Å². The maximum Gasteiger partial charge on any atom is 0.127 e. The number of halogens is 1. The van der Waals surface area contributed by atoms with Gasteiger partial charge in [-0.25, -0.2) is 4.39 Å². The summed E-state index contributed by atoms with van der Waals surface area (Å²) in [6, 6.07) is 8.62. The van der Waals surface area contributed by atoms with Crippen molar-refractivity contribution >= 4 is 6.21 Å². The smallest absolute Gasteiger partial charge is 0.127 e. The third-order valence-corrected chi connectivity index (χ3v) is 3.00. The van der Waals surface area contributed by atoms with Crippen LogP contribution in [-0.2, 0) is 6.54 Å². The largest absolute Gasteiger partial charge is 0.496 e. The fraction of sp³-hybridized carbons (Fsp3) is 0.250. The van der Waals surface area contributed by atoms with Crippen LogP contribution in [0.5, 0.6) is 5.75 Å². The van der Waals surface area contributed by atoms with Crippen LogP contribution in [0.4, 0.5) is 4.39 Å². The molecule has 1 aromatic heterocycles. The molecule has 0 aliphatic carbocycles. The highest BCUT2D eigenvalue weighted by Gasteiger charge is 2.04. The molecule has 0 saturated heterocycles. The molecule has 0 saturated carbocycles. The van der Waals surface area contributed by atoms with E-state index in [1.807, 2.05) is 25.1 Å². The molecule has 0 amide bonds. The quantitative estimate of drug-likeness (QED) is 0.799. The second-order valence-corrected chi connectivity index (χ2v) is 4.58. The highest BCUT2D eigenvalue weighted by Crippen LogP contribution is 2.22. The van der Waals surface area contributed by atoms with Gasteiger partial charge < -0.3 is 4.74 Å². The summed E-state index contributed by atoms with van der Waals surface area (Å²) in [4.78, 5) is 8.54. The van der Waals surface area contributed by atoms with Crippen LogP contribution < -0.4 is 4.74 Å². The number of nitrogens with zero attached hydrogens (tertiary/aromatic N) is 2. The summed E-state index contributed by atoms with van der Waals surface area (Å²) in [6.45, 7) is 4.25. The van der Waals surface area contributed by atoms with E-state index in [0.29, 0.717) is 17.9 Å². The van der Waals surface area contributed by atoms with Crippen molar-refractivity contribution in [2.24, 2.45) is 4.99 Å². The third-order valence-electron chi connectivity index (χ3n) is 3.00. The van der Waals surface area contributed by atoms with Crippen molar-refractivity contribution in [3.8, 4) is 5.75 Å². The zero-order valence-electron chi connectivity index (χ0n) is 11.9. The van der Waals surface area contributed by atoms with Gasteiger partial charge in [-0.2, -0.15) is 0 Å². The molecule has 3 nitrogen and oxygen atoms in total. The van der Waals surface area contributed by atoms with Gasteiger partial charge >= 0.3 is 0 Å². The highest BCUT2D eigenvalue weighted by atomic mass is 19.1. The summed E-state index contributed by atoms with van der Waals surface area (Å²) in [5.74, 6) is 0.512. The molecule has 0 atom stereocenters. The molecule has 0 unspecified atom stereocenters. The first-order valence-corrected chi connectivity index (χ1v) is 6.36. The molecule has 0 radical (unpaired) electrons. The van der Waals surface area contributed by atoms with Gasteiger partial charge in [-0.3, -0.25) is 9.98 Å². The first-order valence-electron chi connectivity index (χ1n) is 6.36. The van der Waals surface area contributed by atoms with Gasteiger partial charge in [0.05, 0.1) is 19.3 Å². The molecular formula is C16H17FN2O. The lowest BCUT2D eigenvalue weighted by atomic mass is 10.1. The Balaban J connectivity index is 2.18. The van der Waals surface area contributed by atoms with Gasteiger partial charge in [-0.1, -0.05) is 12.1 Å². The zero-order chi connectivity index (χ0) is 14.5. The molecule has 2 aromatic rings. The van der Waals surface area contributed by atoms with Gasteiger partial charge in [-0.15, -0.1) is 0 Å². The van der Waals surface area contributed by atoms with E-state index in [9.17, 15) is 4.39 Å². The second kappa shape index (κ2) is 6.28. The van der Waals surface area contributed by atoms with Crippen LogP contribution in [0, 0.1) is 19.7 Å². The molecule has 104 valence electrons. The lowest BCUT2D eigenvalue weighted by molar-refractivity contribution is 0.409. The minimum atomic E-state index is -0.299. The number of aryl methyl sites for hydroxylation is 2. The van der Waals surface area contributed by atoms with Crippen LogP contribution in [0.15, 0.2) is 35.3 Å². The number of aromatic nitrogens is 1. The lowest BCUT2D eigenvalue weighted by Crippen LogP contribution is -1.96. The number of rotatable bonds is 4. The van der Waals surface area contributed by atoms with Gasteiger partial charge in [0, 0.05) is 23.5 Å². The SMILES string of the molecule is COc1cccc(C)c1CN=Cc1cc(F)cc(C)n1. The molecule has 0 aliphatic rings. The first kappa shape index (κ1) is 14.2. The Morgan fingerprint density at radius 1 is 1.30 bits per heavy atom. The van der Waals surface area contributed by atoms with Gasteiger partial charge in [0.25, 0.3) is 0 Å². The molecule has 2 rings (SSSR count). The minimum absolute atomic E-state index is 0.299. The number of pyridine rings is 1. The molecule has 0 spiro atoms. The average Bonchev–Trinajstić information content (AvgIpc) is 2.39. The van der Waals surface area contributed by atoms with E-state index < -0.39 is 0 Å². The summed E-state index contributed by atoms with van der Waals surface area (Å²) in [5, 5.41) is 0. The first-order chi connectivity index (χ1) is 9.60. The normalized spacial score (nSPS) is 11.0. The maximum atomic E-state index is 13.2. The summed E-state index contributed by atoms with van der Waals surface area (Å²) >= 11 is 0. The van der Waals surface area contributed by atoms with Crippen LogP contribution >= 0.6 is 0 Å². The lowest BCUT2D eigenvalue weighted by Gasteiger charge is -2.08. The van der Waals surface area contributed by atoms with Crippen LogP contribution in [0.3, 0.4) is 0 Å². The van der Waals surface area contributed by atoms with E-state index in [0.717, 1.165) is 16.9 Å². The van der Waals surface area contributed by atoms with Crippen LogP contribution in [0.2, 0.25) is 0 Å². The zero-order valence-corrected chi connectivity index (χ0v) is 11.9. The molecule has 4 heteroatoms. The predicted molar refractivity (Wildman–Crippen MR) is 78.0 cm³/mol. The Hall–Kier alpha value is -2.23. The molecule has 0 fully saturated rings. The van der Waals surface area contributed by atoms with Crippen molar-refractivity contribution in [2.75, 3.05) is 7.11 Å². The third kappa shape index (κ3) is 3.41. The van der Waals surface area contributed by atoms with Crippen LogP contribution in [0.1, 0.15) is 22.5 Å². The maximum absolute atomic E-state index is 13.2. The molecule has 20 heavy (non-hydrogen) atoms. The standard InChI is InChI=1S/C16H17FN2O/c1-11-5-4-6-16(20-3)15(11)10-18-9-14-8-13(17)7-12(2)19-14/h4-9H,10H2,1-3H3. The molecule has 0 N–H and O–H groups in total. The van der Waals surface area contributed by atoms with Gasteiger partial charge in [-0.05, 0) is 31.5 Å². The molecule has 0 bridgehead atoms. The number of hydrogen-bond acceptors (Lipinski definition) is 3. The Kier molecular flexibility index (Phi) is 4.45. The van der Waals surface area contributed by atoms with E-state index in [4.69, 9.17) is 4.74 Å². The summed E-state index contributed by atoms with van der Waals surface area (Å²) < 4.78 is 18.6. The Labute approximate surface area is 118 Å². The van der Waals surface area contributed by atoms with E-state index >= 15 is 0 Å². The summed E-state index contributed by atoms with van der Waals surface area (Å²) in [7, 11) is 1.64. The number of hydrogen-bond donors (Lipinski definition) is 0. The Morgan fingerprint density at radius 3 is 2.80 bits per heavy atom. The van der Waals surface area contributed by atoms with Crippen molar-refractivity contribution < 1.29 is 9.13 Å². The summed E-state index contributed by atoms with van der Waals surface area (Å²) in [5.41, 5.74) is 3.30. The van der Waals surface area contributed by atoms with Crippen LogP contribution in [-0.4, -0.2) is 18.3 Å². The second-order valence-electron chi connectivity index (χ2n) is 4.58. The molecule has 1 heterocycles. The van der Waals surface area contributed by atoms with Crippen molar-refractivity contribution in [3.05, 3.63) is 58.7 Å². The van der Waals surface area contributed by atoms with Crippen LogP contribution in [0.25, 0.3) is 0 Å². The van der Waals surface area contributed by atoms with Crippen molar-refractivity contribution in [3.63, 3.8) is 0 Å².